The van der Waals surface area contributed by atoms with Crippen LogP contribution in [0.3, 0.4) is 0 Å². The molecule has 0 saturated carbocycles. The second kappa shape index (κ2) is 5.00. The normalized spacial score (nSPS) is 21.8. The number of anilines is 1. The third-order valence-corrected chi connectivity index (χ3v) is 3.97. The first-order valence-corrected chi connectivity index (χ1v) is 6.97. The van der Waals surface area contributed by atoms with E-state index in [4.69, 9.17) is 5.73 Å². The number of benzene rings is 2. The molecule has 0 aliphatic carbocycles. The lowest BCUT2D eigenvalue weighted by Gasteiger charge is -2.45. The number of hydrogen-bond acceptors (Lipinski definition) is 2. The Morgan fingerprint density at radius 3 is 2.50 bits per heavy atom. The van der Waals surface area contributed by atoms with Crippen molar-refractivity contribution in [1.29, 1.82) is 0 Å². The van der Waals surface area contributed by atoms with Gasteiger partial charge >= 0.3 is 0 Å². The number of β-lactam (4-membered cyclic amide) rings is 1. The SMILES string of the molecule is NC1C(=O)N(c2cccc(F)c2)C1c1ccc(Br)cc1. The zero-order chi connectivity index (χ0) is 14.3. The Hall–Kier alpha value is -1.72. The largest absolute Gasteiger partial charge is 0.318 e. The van der Waals surface area contributed by atoms with E-state index in [0.717, 1.165) is 10.0 Å². The van der Waals surface area contributed by atoms with E-state index in [1.807, 2.05) is 24.3 Å². The van der Waals surface area contributed by atoms with Gasteiger partial charge in [0.25, 0.3) is 0 Å². The van der Waals surface area contributed by atoms with Crippen LogP contribution in [0.1, 0.15) is 11.6 Å². The summed E-state index contributed by atoms with van der Waals surface area (Å²) in [6.45, 7) is 0. The van der Waals surface area contributed by atoms with Gasteiger partial charge in [0.1, 0.15) is 11.9 Å². The van der Waals surface area contributed by atoms with Gasteiger partial charge < -0.3 is 10.6 Å². The molecule has 1 saturated heterocycles. The Labute approximate surface area is 124 Å². The minimum absolute atomic E-state index is 0.191. The van der Waals surface area contributed by atoms with Gasteiger partial charge in [0, 0.05) is 10.2 Å². The number of carbonyl (C=O) groups is 1. The lowest BCUT2D eigenvalue weighted by molar-refractivity contribution is -0.126. The van der Waals surface area contributed by atoms with E-state index in [9.17, 15) is 9.18 Å². The first-order chi connectivity index (χ1) is 9.58. The molecule has 0 aromatic heterocycles. The maximum absolute atomic E-state index is 13.3. The first kappa shape index (κ1) is 13.3. The quantitative estimate of drug-likeness (QED) is 0.858. The molecule has 2 atom stereocenters. The van der Waals surface area contributed by atoms with Crippen LogP contribution in [0.25, 0.3) is 0 Å². The van der Waals surface area contributed by atoms with Crippen molar-refractivity contribution < 1.29 is 9.18 Å². The van der Waals surface area contributed by atoms with Gasteiger partial charge in [0.05, 0.1) is 6.04 Å². The summed E-state index contributed by atoms with van der Waals surface area (Å²) in [6, 6.07) is 12.8. The zero-order valence-corrected chi connectivity index (χ0v) is 12.0. The van der Waals surface area contributed by atoms with Crippen molar-refractivity contribution in [3.63, 3.8) is 0 Å². The van der Waals surface area contributed by atoms with Gasteiger partial charge in [-0.3, -0.25) is 4.79 Å². The molecule has 20 heavy (non-hydrogen) atoms. The summed E-state index contributed by atoms with van der Waals surface area (Å²) < 4.78 is 14.3. The highest BCUT2D eigenvalue weighted by Gasteiger charge is 2.46. The van der Waals surface area contributed by atoms with E-state index in [1.165, 1.54) is 17.0 Å². The summed E-state index contributed by atoms with van der Waals surface area (Å²) >= 11 is 3.37. The van der Waals surface area contributed by atoms with Gasteiger partial charge in [-0.15, -0.1) is 0 Å². The minimum Gasteiger partial charge on any atom is -0.318 e. The minimum atomic E-state index is -0.584. The molecule has 3 nitrogen and oxygen atoms in total. The van der Waals surface area contributed by atoms with Gasteiger partial charge in [-0.2, -0.15) is 0 Å². The van der Waals surface area contributed by atoms with Crippen LogP contribution in [-0.2, 0) is 4.79 Å². The van der Waals surface area contributed by atoms with E-state index in [1.54, 1.807) is 12.1 Å². The van der Waals surface area contributed by atoms with Crippen LogP contribution in [0.4, 0.5) is 10.1 Å². The molecule has 2 aromatic carbocycles. The summed E-state index contributed by atoms with van der Waals surface area (Å²) in [6.07, 6.45) is 0. The molecule has 0 bridgehead atoms. The van der Waals surface area contributed by atoms with Gasteiger partial charge in [0.2, 0.25) is 5.91 Å². The highest BCUT2D eigenvalue weighted by Crippen LogP contribution is 2.38. The highest BCUT2D eigenvalue weighted by atomic mass is 79.9. The van der Waals surface area contributed by atoms with Crippen molar-refractivity contribution in [2.24, 2.45) is 5.73 Å². The average Bonchev–Trinajstić information content (AvgIpc) is 2.45. The molecule has 1 aliphatic heterocycles. The third kappa shape index (κ3) is 2.13. The maximum atomic E-state index is 13.3. The summed E-state index contributed by atoms with van der Waals surface area (Å²) in [5.41, 5.74) is 7.37. The Kier molecular flexibility index (Phi) is 3.31. The number of nitrogens with two attached hydrogens (primary N) is 1. The van der Waals surface area contributed by atoms with Crippen LogP contribution in [0.2, 0.25) is 0 Å². The molecule has 1 amide bonds. The molecular weight excluding hydrogens is 323 g/mol. The number of halogens is 2. The van der Waals surface area contributed by atoms with Crippen LogP contribution in [-0.4, -0.2) is 11.9 Å². The van der Waals surface area contributed by atoms with Gasteiger partial charge in [-0.25, -0.2) is 4.39 Å². The van der Waals surface area contributed by atoms with E-state index < -0.39 is 6.04 Å². The highest BCUT2D eigenvalue weighted by molar-refractivity contribution is 9.10. The van der Waals surface area contributed by atoms with E-state index >= 15 is 0 Å². The topological polar surface area (TPSA) is 46.3 Å². The lowest BCUT2D eigenvalue weighted by Crippen LogP contribution is -2.63. The molecule has 5 heteroatoms. The van der Waals surface area contributed by atoms with E-state index in [2.05, 4.69) is 15.9 Å². The summed E-state index contributed by atoms with van der Waals surface area (Å²) in [7, 11) is 0. The number of carbonyl (C=O) groups excluding carboxylic acids is 1. The predicted molar refractivity (Wildman–Crippen MR) is 78.7 cm³/mol. The number of nitrogens with zero attached hydrogens (tertiary/aromatic N) is 1. The molecule has 2 N–H and O–H groups in total. The van der Waals surface area contributed by atoms with E-state index in [0.29, 0.717) is 5.69 Å². The smallest absolute Gasteiger partial charge is 0.247 e. The van der Waals surface area contributed by atoms with Crippen molar-refractivity contribution in [3.8, 4) is 0 Å². The fraction of sp³-hybridized carbons (Fsp3) is 0.133. The van der Waals surface area contributed by atoms with Crippen LogP contribution in [0.15, 0.2) is 53.0 Å². The van der Waals surface area contributed by atoms with Crippen LogP contribution in [0, 0.1) is 5.82 Å². The summed E-state index contributed by atoms with van der Waals surface area (Å²) in [4.78, 5) is 13.5. The number of amides is 1. The summed E-state index contributed by atoms with van der Waals surface area (Å²) in [5, 5.41) is 0. The Bertz CT molecular complexity index is 659. The molecule has 0 spiro atoms. The van der Waals surface area contributed by atoms with Gasteiger partial charge in [-0.05, 0) is 35.9 Å². The molecule has 3 rings (SSSR count). The van der Waals surface area contributed by atoms with Crippen molar-refractivity contribution in [3.05, 3.63) is 64.4 Å². The predicted octanol–water partition coefficient (Wildman–Crippen LogP) is 3.00. The zero-order valence-electron chi connectivity index (χ0n) is 10.5. The van der Waals surface area contributed by atoms with Crippen LogP contribution >= 0.6 is 15.9 Å². The molecule has 2 unspecified atom stereocenters. The Morgan fingerprint density at radius 2 is 1.85 bits per heavy atom. The summed E-state index contributed by atoms with van der Waals surface area (Å²) in [5.74, 6) is -0.561. The number of rotatable bonds is 2. The van der Waals surface area contributed by atoms with E-state index in [-0.39, 0.29) is 17.8 Å². The first-order valence-electron chi connectivity index (χ1n) is 6.17. The van der Waals surface area contributed by atoms with Crippen LogP contribution in [0.5, 0.6) is 0 Å². The molecule has 1 heterocycles. The van der Waals surface area contributed by atoms with Crippen molar-refractivity contribution >= 4 is 27.5 Å². The third-order valence-electron chi connectivity index (χ3n) is 3.44. The standard InChI is InChI=1S/C15H12BrFN2O/c16-10-6-4-9(5-7-10)14-13(18)15(20)19(14)12-3-1-2-11(17)8-12/h1-8,13-14H,18H2. The second-order valence-corrected chi connectivity index (χ2v) is 5.63. The molecule has 1 aliphatic rings. The molecule has 102 valence electrons. The molecular formula is C15H12BrFN2O. The van der Waals surface area contributed by atoms with Gasteiger partial charge in [0.15, 0.2) is 0 Å². The molecule has 1 fully saturated rings. The maximum Gasteiger partial charge on any atom is 0.247 e. The van der Waals surface area contributed by atoms with Gasteiger partial charge in [-0.1, -0.05) is 34.1 Å². The fourth-order valence-electron chi connectivity index (χ4n) is 2.44. The lowest BCUT2D eigenvalue weighted by atomic mass is 9.88. The Balaban J connectivity index is 1.97. The van der Waals surface area contributed by atoms with Crippen molar-refractivity contribution in [1.82, 2.24) is 0 Å². The average molecular weight is 335 g/mol. The molecule has 0 radical (unpaired) electrons. The monoisotopic (exact) mass is 334 g/mol. The Morgan fingerprint density at radius 1 is 1.15 bits per heavy atom. The molecule has 2 aromatic rings. The number of hydrogen-bond donors (Lipinski definition) is 1. The van der Waals surface area contributed by atoms with Crippen molar-refractivity contribution in [2.75, 3.05) is 4.90 Å². The van der Waals surface area contributed by atoms with Crippen molar-refractivity contribution in [2.45, 2.75) is 12.1 Å². The van der Waals surface area contributed by atoms with Crippen LogP contribution < -0.4 is 10.6 Å². The fourth-order valence-corrected chi connectivity index (χ4v) is 2.71. The second-order valence-electron chi connectivity index (χ2n) is 4.71.